The molecule has 7 nitrogen and oxygen atoms in total. The first kappa shape index (κ1) is 18.1. The summed E-state index contributed by atoms with van der Waals surface area (Å²) in [4.78, 5) is 24.1. The van der Waals surface area contributed by atoms with Gasteiger partial charge in [-0.1, -0.05) is 30.3 Å². The third-order valence-corrected chi connectivity index (χ3v) is 4.06. The smallest absolute Gasteiger partial charge is 0.328 e. The summed E-state index contributed by atoms with van der Waals surface area (Å²) >= 11 is 0. The first-order valence-corrected chi connectivity index (χ1v) is 8.26. The molecule has 1 saturated heterocycles. The monoisotopic (exact) mass is 366 g/mol. The van der Waals surface area contributed by atoms with Gasteiger partial charge in [0.15, 0.2) is 17.3 Å². The van der Waals surface area contributed by atoms with Crippen LogP contribution in [0, 0.1) is 0 Å². The van der Waals surface area contributed by atoms with Gasteiger partial charge in [0, 0.05) is 30.3 Å². The number of phenolic OH excluding ortho intramolecular Hbond substituents is 2. The van der Waals surface area contributed by atoms with Gasteiger partial charge in [-0.2, -0.15) is 0 Å². The molecule has 0 radical (unpaired) electrons. The number of nitrogens with one attached hydrogen (secondary N) is 2. The van der Waals surface area contributed by atoms with Gasteiger partial charge >= 0.3 is 5.97 Å². The van der Waals surface area contributed by atoms with Crippen molar-refractivity contribution < 1.29 is 24.9 Å². The topological polar surface area (TPSA) is 119 Å². The van der Waals surface area contributed by atoms with E-state index >= 15 is 0 Å². The number of carbonyl (C=O) groups is 2. The summed E-state index contributed by atoms with van der Waals surface area (Å²) in [5, 5.41) is 34.9. The molecule has 1 heterocycles. The van der Waals surface area contributed by atoms with E-state index in [1.54, 1.807) is 30.3 Å². The number of benzene rings is 2. The number of carboxylic acids is 1. The molecule has 0 aliphatic carbocycles. The summed E-state index contributed by atoms with van der Waals surface area (Å²) in [5.74, 6) is -1.81. The van der Waals surface area contributed by atoms with Gasteiger partial charge in [0.2, 0.25) is 0 Å². The molecule has 0 amide bonds. The standard InChI is InChI=1S/C20H18N2O5/c23-15-10-13(6-7-17(25)26)14(11-16(15)24)18(20-21-8-9-22-20)19(27)12-4-2-1-3-5-12/h1-7,10-11,21-24H,8-9H2,(H,25,26)/b7-6+. The van der Waals surface area contributed by atoms with Crippen molar-refractivity contribution in [2.24, 2.45) is 0 Å². The van der Waals surface area contributed by atoms with E-state index < -0.39 is 17.5 Å². The van der Waals surface area contributed by atoms with Gasteiger partial charge < -0.3 is 26.0 Å². The van der Waals surface area contributed by atoms with Crippen LogP contribution < -0.4 is 10.6 Å². The van der Waals surface area contributed by atoms with E-state index in [1.165, 1.54) is 18.2 Å². The van der Waals surface area contributed by atoms with E-state index in [1.807, 2.05) is 0 Å². The predicted molar refractivity (Wildman–Crippen MR) is 100 cm³/mol. The number of rotatable bonds is 5. The Morgan fingerprint density at radius 3 is 2.22 bits per heavy atom. The lowest BCUT2D eigenvalue weighted by molar-refractivity contribution is -0.131. The Bertz CT molecular complexity index is 940. The predicted octanol–water partition coefficient (Wildman–Crippen LogP) is 1.94. The van der Waals surface area contributed by atoms with Crippen molar-refractivity contribution in [2.75, 3.05) is 13.1 Å². The zero-order valence-corrected chi connectivity index (χ0v) is 14.3. The summed E-state index contributed by atoms with van der Waals surface area (Å²) in [6.45, 7) is 1.23. The third kappa shape index (κ3) is 3.92. The number of aromatic hydroxyl groups is 2. The minimum atomic E-state index is -1.17. The van der Waals surface area contributed by atoms with Crippen LogP contribution in [0.4, 0.5) is 0 Å². The summed E-state index contributed by atoms with van der Waals surface area (Å²) in [5.41, 5.74) is 1.28. The van der Waals surface area contributed by atoms with Crippen molar-refractivity contribution >= 4 is 23.4 Å². The lowest BCUT2D eigenvalue weighted by Gasteiger charge is -2.15. The van der Waals surface area contributed by atoms with Crippen molar-refractivity contribution in [3.63, 3.8) is 0 Å². The van der Waals surface area contributed by atoms with Crippen molar-refractivity contribution in [1.29, 1.82) is 0 Å². The maximum Gasteiger partial charge on any atom is 0.328 e. The second kappa shape index (κ2) is 7.65. The molecule has 1 aliphatic heterocycles. The Balaban J connectivity index is 2.22. The lowest BCUT2D eigenvalue weighted by Crippen LogP contribution is -2.18. The van der Waals surface area contributed by atoms with Crippen molar-refractivity contribution in [3.05, 3.63) is 71.1 Å². The fourth-order valence-corrected chi connectivity index (χ4v) is 2.83. The summed E-state index contributed by atoms with van der Waals surface area (Å²) in [6, 6.07) is 11.1. The number of hydrogen-bond donors (Lipinski definition) is 5. The van der Waals surface area contributed by atoms with Crippen LogP contribution in [-0.4, -0.2) is 40.2 Å². The van der Waals surface area contributed by atoms with Gasteiger partial charge in [-0.15, -0.1) is 0 Å². The maximum absolute atomic E-state index is 13.2. The summed E-state index contributed by atoms with van der Waals surface area (Å²) < 4.78 is 0. The Hall–Kier alpha value is -3.74. The highest BCUT2D eigenvalue weighted by molar-refractivity contribution is 6.30. The molecule has 27 heavy (non-hydrogen) atoms. The molecule has 2 aromatic carbocycles. The Kier molecular flexibility index (Phi) is 5.12. The SMILES string of the molecule is O=C(O)/C=C/c1cc(O)c(O)cc1C(C(=O)c1ccccc1)=C1NCCN1. The van der Waals surface area contributed by atoms with Crippen molar-refractivity contribution in [3.8, 4) is 11.5 Å². The van der Waals surface area contributed by atoms with Crippen LogP contribution in [0.25, 0.3) is 11.6 Å². The van der Waals surface area contributed by atoms with Crippen LogP contribution in [-0.2, 0) is 4.79 Å². The largest absolute Gasteiger partial charge is 0.504 e. The minimum Gasteiger partial charge on any atom is -0.504 e. The second-order valence-electron chi connectivity index (χ2n) is 5.90. The van der Waals surface area contributed by atoms with E-state index in [0.717, 1.165) is 6.08 Å². The first-order chi connectivity index (χ1) is 13.0. The number of ketones is 1. The number of carbonyl (C=O) groups excluding carboxylic acids is 1. The van der Waals surface area contributed by atoms with Gasteiger partial charge in [0.05, 0.1) is 5.57 Å². The molecule has 3 rings (SSSR count). The third-order valence-electron chi connectivity index (χ3n) is 4.06. The highest BCUT2D eigenvalue weighted by Crippen LogP contribution is 2.35. The van der Waals surface area contributed by atoms with E-state index in [-0.39, 0.29) is 16.9 Å². The van der Waals surface area contributed by atoms with Crippen molar-refractivity contribution in [1.82, 2.24) is 10.6 Å². The average Bonchev–Trinajstić information content (AvgIpc) is 3.18. The Morgan fingerprint density at radius 2 is 1.59 bits per heavy atom. The van der Waals surface area contributed by atoms with Gasteiger partial charge in [0.1, 0.15) is 5.82 Å². The summed E-state index contributed by atoms with van der Waals surface area (Å²) in [6.07, 6.45) is 2.17. The number of phenols is 2. The fraction of sp³-hybridized carbons (Fsp3) is 0.100. The van der Waals surface area contributed by atoms with Gasteiger partial charge in [-0.05, 0) is 23.8 Å². The first-order valence-electron chi connectivity index (χ1n) is 8.26. The van der Waals surface area contributed by atoms with Gasteiger partial charge in [-0.3, -0.25) is 4.79 Å². The molecule has 7 heteroatoms. The van der Waals surface area contributed by atoms with E-state index in [9.17, 15) is 19.8 Å². The number of carboxylic acid groups (broad SMARTS) is 1. The van der Waals surface area contributed by atoms with Gasteiger partial charge in [0.25, 0.3) is 0 Å². The van der Waals surface area contributed by atoms with Crippen LogP contribution in [0.1, 0.15) is 21.5 Å². The van der Waals surface area contributed by atoms with E-state index in [4.69, 9.17) is 5.11 Å². The van der Waals surface area contributed by atoms with Crippen molar-refractivity contribution in [2.45, 2.75) is 0 Å². The molecule has 2 aromatic rings. The number of aliphatic carboxylic acids is 1. The zero-order valence-electron chi connectivity index (χ0n) is 14.3. The molecular formula is C20H18N2O5. The highest BCUT2D eigenvalue weighted by Gasteiger charge is 2.24. The number of Topliss-reactive ketones (excluding diaryl/α,β-unsaturated/α-hetero) is 1. The van der Waals surface area contributed by atoms with Crippen LogP contribution >= 0.6 is 0 Å². The maximum atomic E-state index is 13.2. The molecule has 0 saturated carbocycles. The zero-order chi connectivity index (χ0) is 19.4. The van der Waals surface area contributed by atoms with Crippen LogP contribution in [0.5, 0.6) is 11.5 Å². The van der Waals surface area contributed by atoms with E-state index in [2.05, 4.69) is 10.6 Å². The molecule has 0 bridgehead atoms. The Labute approximate surface area is 155 Å². The molecule has 5 N–H and O–H groups in total. The average molecular weight is 366 g/mol. The number of hydrogen-bond acceptors (Lipinski definition) is 6. The van der Waals surface area contributed by atoms with Crippen LogP contribution in [0.3, 0.4) is 0 Å². The van der Waals surface area contributed by atoms with E-state index in [0.29, 0.717) is 30.0 Å². The highest BCUT2D eigenvalue weighted by atomic mass is 16.4. The van der Waals surface area contributed by atoms with Crippen LogP contribution in [0.15, 0.2) is 54.4 Å². The van der Waals surface area contributed by atoms with Crippen LogP contribution in [0.2, 0.25) is 0 Å². The quantitative estimate of drug-likeness (QED) is 0.312. The lowest BCUT2D eigenvalue weighted by atomic mass is 9.92. The molecule has 138 valence electrons. The molecule has 0 atom stereocenters. The molecule has 1 aliphatic rings. The number of allylic oxidation sites excluding steroid dienone is 1. The fourth-order valence-electron chi connectivity index (χ4n) is 2.83. The molecule has 0 unspecified atom stereocenters. The summed E-state index contributed by atoms with van der Waals surface area (Å²) in [7, 11) is 0. The van der Waals surface area contributed by atoms with Gasteiger partial charge in [-0.25, -0.2) is 4.79 Å². The molecular weight excluding hydrogens is 348 g/mol. The Morgan fingerprint density at radius 1 is 0.963 bits per heavy atom. The second-order valence-corrected chi connectivity index (χ2v) is 5.90. The normalized spacial score (nSPS) is 13.3. The molecule has 0 aromatic heterocycles. The molecule has 1 fully saturated rings. The minimum absolute atomic E-state index is 0.249. The molecule has 0 spiro atoms.